The summed E-state index contributed by atoms with van der Waals surface area (Å²) in [7, 11) is 0. The maximum absolute atomic E-state index is 14.2. The van der Waals surface area contributed by atoms with Gasteiger partial charge in [-0.2, -0.15) is 26.3 Å². The first kappa shape index (κ1) is 23.4. The van der Waals surface area contributed by atoms with E-state index in [0.29, 0.717) is 22.9 Å². The third-order valence-electron chi connectivity index (χ3n) is 5.32. The van der Waals surface area contributed by atoms with E-state index in [9.17, 15) is 31.1 Å². The van der Waals surface area contributed by atoms with Crippen LogP contribution in [0.2, 0.25) is 5.02 Å². The Morgan fingerprint density at radius 3 is 2.24 bits per heavy atom. The monoisotopic (exact) mass is 505 g/mol. The molecule has 1 atom stereocenters. The lowest BCUT2D eigenvalue weighted by Crippen LogP contribution is -2.43. The first-order valence-electron chi connectivity index (χ1n) is 9.25. The Bertz CT molecular complexity index is 1300. The summed E-state index contributed by atoms with van der Waals surface area (Å²) in [6.07, 6.45) is -11.0. The highest BCUT2D eigenvalue weighted by Gasteiger charge is 2.62. The minimum Gasteiger partial charge on any atom is -0.374 e. The van der Waals surface area contributed by atoms with Crippen LogP contribution in [0.3, 0.4) is 0 Å². The fraction of sp³-hybridized carbons (Fsp3) is 0.182. The highest BCUT2D eigenvalue weighted by Crippen LogP contribution is 2.50. The van der Waals surface area contributed by atoms with Crippen molar-refractivity contribution in [2.75, 3.05) is 0 Å². The molecule has 0 saturated heterocycles. The lowest BCUT2D eigenvalue weighted by atomic mass is 9.84. The molecule has 0 aromatic heterocycles. The minimum atomic E-state index is -5.13. The van der Waals surface area contributed by atoms with Crippen LogP contribution in [0.4, 0.5) is 26.3 Å². The number of nitrogens with zero attached hydrogens (tertiary/aromatic N) is 1. The molecule has 0 saturated carbocycles. The van der Waals surface area contributed by atoms with Crippen LogP contribution in [-0.2, 0) is 16.6 Å². The van der Waals surface area contributed by atoms with Crippen LogP contribution in [0.25, 0.3) is 10.8 Å². The summed E-state index contributed by atoms with van der Waals surface area (Å²) in [5.74, 6) is 0. The van der Waals surface area contributed by atoms with Gasteiger partial charge in [0.2, 0.25) is 0 Å². The first-order chi connectivity index (χ1) is 15.3. The molecule has 1 aliphatic rings. The van der Waals surface area contributed by atoms with Crippen molar-refractivity contribution in [2.24, 2.45) is 5.16 Å². The van der Waals surface area contributed by atoms with Crippen molar-refractivity contribution in [3.05, 3.63) is 81.9 Å². The van der Waals surface area contributed by atoms with E-state index in [4.69, 9.17) is 28.0 Å². The maximum atomic E-state index is 14.2. The number of fused-ring (bicyclic) bond motifs is 1. The van der Waals surface area contributed by atoms with E-state index in [2.05, 4.69) is 5.16 Å². The Labute approximate surface area is 192 Å². The molecule has 0 spiro atoms. The highest BCUT2D eigenvalue weighted by molar-refractivity contribution is 6.68. The number of alkyl halides is 6. The van der Waals surface area contributed by atoms with Gasteiger partial charge in [0.05, 0.1) is 11.3 Å². The number of carbonyl (C=O) groups is 1. The molecule has 1 heterocycles. The molecule has 0 aliphatic carbocycles. The number of benzene rings is 3. The summed E-state index contributed by atoms with van der Waals surface area (Å²) >= 11 is 11.3. The Balaban J connectivity index is 1.85. The van der Waals surface area contributed by atoms with Crippen LogP contribution in [-0.4, -0.2) is 17.1 Å². The van der Waals surface area contributed by atoms with E-state index in [-0.39, 0.29) is 16.8 Å². The van der Waals surface area contributed by atoms with Crippen molar-refractivity contribution in [1.29, 1.82) is 0 Å². The van der Waals surface area contributed by atoms with Gasteiger partial charge in [0.25, 0.3) is 10.8 Å². The quantitative estimate of drug-likeness (QED) is 0.273. The molecule has 33 heavy (non-hydrogen) atoms. The Kier molecular flexibility index (Phi) is 5.61. The molecule has 0 N–H and O–H groups in total. The molecule has 3 aromatic carbocycles. The summed E-state index contributed by atoms with van der Waals surface area (Å²) in [6, 6.07) is 10.7. The van der Waals surface area contributed by atoms with Crippen LogP contribution in [0, 0.1) is 0 Å². The summed E-state index contributed by atoms with van der Waals surface area (Å²) < 4.78 is 82.4. The van der Waals surface area contributed by atoms with Crippen molar-refractivity contribution in [1.82, 2.24) is 0 Å². The summed E-state index contributed by atoms with van der Waals surface area (Å²) in [6.45, 7) is 0. The molecule has 0 amide bonds. The van der Waals surface area contributed by atoms with Gasteiger partial charge in [-0.25, -0.2) is 0 Å². The van der Waals surface area contributed by atoms with Crippen LogP contribution in [0.1, 0.15) is 33.5 Å². The van der Waals surface area contributed by atoms with Gasteiger partial charge < -0.3 is 4.84 Å². The van der Waals surface area contributed by atoms with Gasteiger partial charge in [-0.05, 0) is 46.6 Å². The lowest BCUT2D eigenvalue weighted by molar-refractivity contribution is -0.276. The largest absolute Gasteiger partial charge is 0.435 e. The topological polar surface area (TPSA) is 38.7 Å². The highest BCUT2D eigenvalue weighted by atomic mass is 35.5. The molecular formula is C22H11Cl2F6NO2. The van der Waals surface area contributed by atoms with Crippen molar-refractivity contribution in [2.45, 2.75) is 24.4 Å². The first-order valence-corrected chi connectivity index (χ1v) is 10.0. The predicted molar refractivity (Wildman–Crippen MR) is 111 cm³/mol. The number of carbonyl (C=O) groups excluding carboxylic acids is 1. The normalized spacial score (nSPS) is 18.8. The standard InChI is InChI=1S/C22H11Cl2F6NO2/c23-13-8-11(7-12(9-13)21(25,26)27)20(22(28,29)30)10-18(31-33-20)16-5-6-17(19(24)32)15-4-2-1-3-14(15)16/h1-9H,10H2. The van der Waals surface area contributed by atoms with E-state index in [1.54, 1.807) is 24.3 Å². The molecule has 11 heteroatoms. The second-order valence-electron chi connectivity index (χ2n) is 7.34. The average Bonchev–Trinajstić information content (AvgIpc) is 3.18. The van der Waals surface area contributed by atoms with Gasteiger partial charge in [0.1, 0.15) is 0 Å². The van der Waals surface area contributed by atoms with Gasteiger partial charge in [0.15, 0.2) is 0 Å². The van der Waals surface area contributed by atoms with Crippen molar-refractivity contribution >= 4 is 44.9 Å². The van der Waals surface area contributed by atoms with Gasteiger partial charge in [-0.15, -0.1) is 0 Å². The number of hydrogen-bond donors (Lipinski definition) is 0. The average molecular weight is 506 g/mol. The molecule has 3 aromatic rings. The molecular weight excluding hydrogens is 495 g/mol. The van der Waals surface area contributed by atoms with Crippen molar-refractivity contribution < 1.29 is 36.0 Å². The summed E-state index contributed by atoms with van der Waals surface area (Å²) in [5, 5.41) is 3.07. The van der Waals surface area contributed by atoms with Crippen LogP contribution in [0.5, 0.6) is 0 Å². The molecule has 0 radical (unpaired) electrons. The molecule has 1 unspecified atom stereocenters. The van der Waals surface area contributed by atoms with Crippen molar-refractivity contribution in [3.8, 4) is 0 Å². The number of rotatable bonds is 3. The van der Waals surface area contributed by atoms with Crippen LogP contribution >= 0.6 is 23.2 Å². The summed E-state index contributed by atoms with van der Waals surface area (Å²) in [4.78, 5) is 16.6. The molecule has 0 fully saturated rings. The third kappa shape index (κ3) is 4.04. The zero-order chi connectivity index (χ0) is 24.2. The molecule has 1 aliphatic heterocycles. The minimum absolute atomic E-state index is 0.141. The maximum Gasteiger partial charge on any atom is 0.435 e. The molecule has 0 bridgehead atoms. The van der Waals surface area contributed by atoms with Crippen LogP contribution in [0.15, 0.2) is 59.8 Å². The number of hydrogen-bond acceptors (Lipinski definition) is 3. The molecule has 3 nitrogen and oxygen atoms in total. The fourth-order valence-electron chi connectivity index (χ4n) is 3.76. The Morgan fingerprint density at radius 1 is 0.970 bits per heavy atom. The SMILES string of the molecule is O=C(Cl)c1ccc(C2=NOC(c3cc(Cl)cc(C(F)(F)F)c3)(C(F)(F)F)C2)c2ccccc12. The van der Waals surface area contributed by atoms with Crippen molar-refractivity contribution in [3.63, 3.8) is 0 Å². The predicted octanol–water partition coefficient (Wildman–Crippen LogP) is 7.47. The second-order valence-corrected chi connectivity index (χ2v) is 8.12. The lowest BCUT2D eigenvalue weighted by Gasteiger charge is -2.30. The zero-order valence-corrected chi connectivity index (χ0v) is 17.7. The molecule has 4 rings (SSSR count). The van der Waals surface area contributed by atoms with Crippen LogP contribution < -0.4 is 0 Å². The van der Waals surface area contributed by atoms with Gasteiger partial charge >= 0.3 is 12.4 Å². The molecule has 172 valence electrons. The Morgan fingerprint density at radius 2 is 1.64 bits per heavy atom. The van der Waals surface area contributed by atoms with E-state index >= 15 is 0 Å². The van der Waals surface area contributed by atoms with E-state index in [1.807, 2.05) is 0 Å². The Hall–Kier alpha value is -2.78. The van der Waals surface area contributed by atoms with Gasteiger partial charge in [0, 0.05) is 28.1 Å². The third-order valence-corrected chi connectivity index (χ3v) is 5.75. The van der Waals surface area contributed by atoms with Gasteiger partial charge in [-0.1, -0.05) is 47.1 Å². The fourth-order valence-corrected chi connectivity index (χ4v) is 4.16. The second kappa shape index (κ2) is 7.92. The smallest absolute Gasteiger partial charge is 0.374 e. The summed E-state index contributed by atoms with van der Waals surface area (Å²) in [5.41, 5.74) is -5.16. The number of halogens is 8. The van der Waals surface area contributed by atoms with E-state index in [1.165, 1.54) is 12.1 Å². The zero-order valence-electron chi connectivity index (χ0n) is 16.2. The van der Waals surface area contributed by atoms with Gasteiger partial charge in [-0.3, -0.25) is 4.79 Å². The number of oxime groups is 1. The van der Waals surface area contributed by atoms with E-state index in [0.717, 1.165) is 6.07 Å². The van der Waals surface area contributed by atoms with E-state index < -0.39 is 45.8 Å².